The van der Waals surface area contributed by atoms with Crippen molar-refractivity contribution in [2.45, 2.75) is 25.3 Å². The summed E-state index contributed by atoms with van der Waals surface area (Å²) in [7, 11) is 6.90. The van der Waals surface area contributed by atoms with Crippen LogP contribution in [0.25, 0.3) is 11.0 Å². The Morgan fingerprint density at radius 2 is 1.72 bits per heavy atom. The van der Waals surface area contributed by atoms with Gasteiger partial charge in [0, 0.05) is 31.1 Å². The summed E-state index contributed by atoms with van der Waals surface area (Å²) in [5, 5.41) is 5.95. The maximum atomic E-state index is 5.49. The van der Waals surface area contributed by atoms with Crippen molar-refractivity contribution >= 4 is 11.0 Å². The number of ether oxygens (including phenoxy) is 3. The summed E-state index contributed by atoms with van der Waals surface area (Å²) >= 11 is 0. The van der Waals surface area contributed by atoms with Crippen LogP contribution in [0.1, 0.15) is 30.0 Å². The smallest absolute Gasteiger partial charge is 0.203 e. The molecule has 0 amide bonds. The van der Waals surface area contributed by atoms with Crippen molar-refractivity contribution in [3.8, 4) is 17.2 Å². The van der Waals surface area contributed by atoms with Crippen LogP contribution < -0.4 is 14.2 Å². The molecule has 1 aliphatic rings. The van der Waals surface area contributed by atoms with E-state index >= 15 is 0 Å². The molecule has 0 radical (unpaired) electrons. The highest BCUT2D eigenvalue weighted by Crippen LogP contribution is 2.39. The molecule has 0 aliphatic carbocycles. The molecule has 2 aromatic heterocycles. The lowest BCUT2D eigenvalue weighted by atomic mass is 9.92. The van der Waals surface area contributed by atoms with Crippen molar-refractivity contribution in [3.63, 3.8) is 0 Å². The SMILES string of the molecule is COc1cc(CN2CCC(c3nn(C)c4ncccc34)CC2)cc(OC)c1OC. The lowest BCUT2D eigenvalue weighted by Crippen LogP contribution is -2.32. The largest absolute Gasteiger partial charge is 0.493 e. The van der Waals surface area contributed by atoms with Gasteiger partial charge in [0.1, 0.15) is 0 Å². The van der Waals surface area contributed by atoms with Gasteiger partial charge in [-0.05, 0) is 55.8 Å². The van der Waals surface area contributed by atoms with Gasteiger partial charge >= 0.3 is 0 Å². The maximum absolute atomic E-state index is 5.49. The Morgan fingerprint density at radius 3 is 2.34 bits per heavy atom. The summed E-state index contributed by atoms with van der Waals surface area (Å²) in [6.07, 6.45) is 4.00. The summed E-state index contributed by atoms with van der Waals surface area (Å²) in [5.74, 6) is 2.50. The highest BCUT2D eigenvalue weighted by atomic mass is 16.5. The van der Waals surface area contributed by atoms with E-state index in [1.54, 1.807) is 21.3 Å². The van der Waals surface area contributed by atoms with Gasteiger partial charge in [0.25, 0.3) is 0 Å². The zero-order chi connectivity index (χ0) is 20.4. The van der Waals surface area contributed by atoms with Crippen LogP contribution in [0.5, 0.6) is 17.2 Å². The van der Waals surface area contributed by atoms with Crippen molar-refractivity contribution in [1.29, 1.82) is 0 Å². The first-order valence-electron chi connectivity index (χ1n) is 9.93. The summed E-state index contributed by atoms with van der Waals surface area (Å²) in [6.45, 7) is 2.91. The number of methoxy groups -OCH3 is 3. The molecule has 29 heavy (non-hydrogen) atoms. The van der Waals surface area contributed by atoms with Crippen molar-refractivity contribution in [1.82, 2.24) is 19.7 Å². The fourth-order valence-electron chi connectivity index (χ4n) is 4.27. The second kappa shape index (κ2) is 8.29. The average molecular weight is 396 g/mol. The standard InChI is InChI=1S/C22H28N4O3/c1-25-22-17(6-5-9-23-22)20(24-25)16-7-10-26(11-8-16)14-15-12-18(27-2)21(29-4)19(13-15)28-3/h5-6,9,12-13,16H,7-8,10-11,14H2,1-4H3. The minimum absolute atomic E-state index is 0.471. The van der Waals surface area contributed by atoms with Gasteiger partial charge < -0.3 is 14.2 Å². The summed E-state index contributed by atoms with van der Waals surface area (Å²) in [6, 6.07) is 8.19. The molecule has 0 saturated carbocycles. The monoisotopic (exact) mass is 396 g/mol. The van der Waals surface area contributed by atoms with Crippen LogP contribution in [0.15, 0.2) is 30.5 Å². The summed E-state index contributed by atoms with van der Waals surface area (Å²) in [5.41, 5.74) is 3.30. The van der Waals surface area contributed by atoms with Crippen LogP contribution in [-0.4, -0.2) is 54.1 Å². The van der Waals surface area contributed by atoms with Crippen molar-refractivity contribution < 1.29 is 14.2 Å². The normalized spacial score (nSPS) is 15.6. The molecular formula is C22H28N4O3. The third-order valence-corrected chi connectivity index (χ3v) is 5.73. The van der Waals surface area contributed by atoms with E-state index in [9.17, 15) is 0 Å². The first-order chi connectivity index (χ1) is 14.1. The number of nitrogens with zero attached hydrogens (tertiary/aromatic N) is 4. The molecule has 0 atom stereocenters. The van der Waals surface area contributed by atoms with E-state index in [1.807, 2.05) is 36.1 Å². The molecule has 0 N–H and O–H groups in total. The van der Waals surface area contributed by atoms with E-state index in [0.29, 0.717) is 23.2 Å². The molecule has 0 unspecified atom stereocenters. The number of rotatable bonds is 6. The third kappa shape index (κ3) is 3.74. The predicted molar refractivity (Wildman–Crippen MR) is 112 cm³/mol. The number of benzene rings is 1. The fourth-order valence-corrected chi connectivity index (χ4v) is 4.27. The maximum Gasteiger partial charge on any atom is 0.203 e. The zero-order valence-electron chi connectivity index (χ0n) is 17.5. The molecule has 4 rings (SSSR count). The van der Waals surface area contributed by atoms with Gasteiger partial charge in [0.15, 0.2) is 17.1 Å². The molecule has 7 nitrogen and oxygen atoms in total. The minimum Gasteiger partial charge on any atom is -0.493 e. The van der Waals surface area contributed by atoms with Crippen LogP contribution in [0.3, 0.4) is 0 Å². The fraction of sp³-hybridized carbons (Fsp3) is 0.455. The third-order valence-electron chi connectivity index (χ3n) is 5.73. The Balaban J connectivity index is 1.46. The highest BCUT2D eigenvalue weighted by molar-refractivity contribution is 5.78. The minimum atomic E-state index is 0.471. The van der Waals surface area contributed by atoms with Crippen LogP contribution in [0.4, 0.5) is 0 Å². The van der Waals surface area contributed by atoms with Gasteiger partial charge in [-0.25, -0.2) is 4.98 Å². The van der Waals surface area contributed by atoms with Crippen molar-refractivity contribution in [2.24, 2.45) is 7.05 Å². The number of likely N-dealkylation sites (tertiary alicyclic amines) is 1. The quantitative estimate of drug-likeness (QED) is 0.637. The lowest BCUT2D eigenvalue weighted by Gasteiger charge is -2.31. The molecule has 0 spiro atoms. The predicted octanol–water partition coefficient (Wildman–Crippen LogP) is 3.37. The van der Waals surface area contributed by atoms with Crippen molar-refractivity contribution in [3.05, 3.63) is 41.7 Å². The topological polar surface area (TPSA) is 61.6 Å². The van der Waals surface area contributed by atoms with Gasteiger partial charge in [0.2, 0.25) is 5.75 Å². The van der Waals surface area contributed by atoms with Gasteiger partial charge in [-0.2, -0.15) is 5.10 Å². The van der Waals surface area contributed by atoms with Crippen LogP contribution in [0, 0.1) is 0 Å². The van der Waals surface area contributed by atoms with E-state index < -0.39 is 0 Å². The second-order valence-corrected chi connectivity index (χ2v) is 7.47. The first kappa shape index (κ1) is 19.5. The molecule has 154 valence electrons. The van der Waals surface area contributed by atoms with E-state index in [-0.39, 0.29) is 0 Å². The molecule has 3 heterocycles. The number of hydrogen-bond acceptors (Lipinski definition) is 6. The molecule has 1 saturated heterocycles. The number of hydrogen-bond donors (Lipinski definition) is 0. The van der Waals surface area contributed by atoms with Gasteiger partial charge in [-0.15, -0.1) is 0 Å². The summed E-state index contributed by atoms with van der Waals surface area (Å²) < 4.78 is 18.3. The Labute approximate surface area is 171 Å². The van der Waals surface area contributed by atoms with E-state index in [1.165, 1.54) is 11.1 Å². The van der Waals surface area contributed by atoms with Gasteiger partial charge in [-0.1, -0.05) is 0 Å². The molecule has 1 fully saturated rings. The lowest BCUT2D eigenvalue weighted by molar-refractivity contribution is 0.203. The number of aryl methyl sites for hydroxylation is 1. The molecule has 1 aromatic carbocycles. The average Bonchev–Trinajstić information content (AvgIpc) is 3.10. The number of aromatic nitrogens is 3. The van der Waals surface area contributed by atoms with E-state index in [2.05, 4.69) is 16.0 Å². The zero-order valence-corrected chi connectivity index (χ0v) is 17.5. The highest BCUT2D eigenvalue weighted by Gasteiger charge is 2.25. The van der Waals surface area contributed by atoms with Gasteiger partial charge in [-0.3, -0.25) is 9.58 Å². The Bertz CT molecular complexity index is 968. The number of pyridine rings is 1. The van der Waals surface area contributed by atoms with E-state index in [0.717, 1.165) is 43.7 Å². The Morgan fingerprint density at radius 1 is 1.03 bits per heavy atom. The van der Waals surface area contributed by atoms with Crippen molar-refractivity contribution in [2.75, 3.05) is 34.4 Å². The second-order valence-electron chi connectivity index (χ2n) is 7.47. The molecule has 0 bridgehead atoms. The number of piperidine rings is 1. The molecule has 1 aliphatic heterocycles. The Kier molecular flexibility index (Phi) is 5.58. The first-order valence-corrected chi connectivity index (χ1v) is 9.93. The molecule has 7 heteroatoms. The number of fused-ring (bicyclic) bond motifs is 1. The van der Waals surface area contributed by atoms with Crippen LogP contribution in [0.2, 0.25) is 0 Å². The van der Waals surface area contributed by atoms with E-state index in [4.69, 9.17) is 19.3 Å². The van der Waals surface area contributed by atoms with Crippen LogP contribution >= 0.6 is 0 Å². The Hall–Kier alpha value is -2.80. The molecule has 3 aromatic rings. The summed E-state index contributed by atoms with van der Waals surface area (Å²) in [4.78, 5) is 6.94. The molecular weight excluding hydrogens is 368 g/mol. The van der Waals surface area contributed by atoms with Gasteiger partial charge in [0.05, 0.1) is 27.0 Å². The van der Waals surface area contributed by atoms with Crippen LogP contribution in [-0.2, 0) is 13.6 Å².